The van der Waals surface area contributed by atoms with Crippen LogP contribution in [0.4, 0.5) is 17.5 Å². The summed E-state index contributed by atoms with van der Waals surface area (Å²) >= 11 is 9.36. The molecule has 3 aromatic heterocycles. The summed E-state index contributed by atoms with van der Waals surface area (Å²) in [6.45, 7) is 2.46. The molecule has 4 rings (SSSR count). The number of hydrogen-bond donors (Lipinski definition) is 3. The van der Waals surface area contributed by atoms with Crippen molar-refractivity contribution >= 4 is 52.2 Å². The van der Waals surface area contributed by atoms with Gasteiger partial charge in [-0.15, -0.1) is 11.3 Å². The van der Waals surface area contributed by atoms with E-state index in [2.05, 4.69) is 37.4 Å². The van der Waals surface area contributed by atoms with Crippen LogP contribution in [0.25, 0.3) is 0 Å². The maximum Gasteiger partial charge on any atom is 0.158 e. The molecule has 6 N–H and O–H groups in total. The van der Waals surface area contributed by atoms with Crippen LogP contribution in [0.15, 0.2) is 45.9 Å². The Morgan fingerprint density at radius 3 is 2.63 bits per heavy atom. The smallest absolute Gasteiger partial charge is 0.158 e. The monoisotopic (exact) mass is 461 g/mol. The second-order valence-electron chi connectivity index (χ2n) is 7.48. The Morgan fingerprint density at radius 2 is 1.97 bits per heavy atom. The van der Waals surface area contributed by atoms with Gasteiger partial charge in [-0.2, -0.15) is 0 Å². The lowest BCUT2D eigenvalue weighted by molar-refractivity contribution is 0.227. The molecule has 10 heteroatoms. The third-order valence-electron chi connectivity index (χ3n) is 5.55. The first-order chi connectivity index (χ1) is 14.5. The molecule has 0 radical (unpaired) electrons. The van der Waals surface area contributed by atoms with E-state index in [9.17, 15) is 0 Å². The maximum atomic E-state index is 6.22. The highest BCUT2D eigenvalue weighted by Gasteiger charge is 2.34. The van der Waals surface area contributed by atoms with Crippen LogP contribution in [0.5, 0.6) is 0 Å². The Bertz CT molecular complexity index is 1000. The molecule has 1 aliphatic heterocycles. The summed E-state index contributed by atoms with van der Waals surface area (Å²) in [4.78, 5) is 17.5. The van der Waals surface area contributed by atoms with E-state index in [-0.39, 0.29) is 11.2 Å². The topological polar surface area (TPSA) is 120 Å². The van der Waals surface area contributed by atoms with Gasteiger partial charge in [0.1, 0.15) is 16.7 Å². The molecule has 0 bridgehead atoms. The molecule has 3 aromatic rings. The highest BCUT2D eigenvalue weighted by Crippen LogP contribution is 2.38. The average molecular weight is 462 g/mol. The van der Waals surface area contributed by atoms with E-state index in [4.69, 9.17) is 28.8 Å². The van der Waals surface area contributed by atoms with E-state index >= 15 is 0 Å². The van der Waals surface area contributed by atoms with Crippen LogP contribution < -0.4 is 22.1 Å². The minimum Gasteiger partial charge on any atom is -0.382 e. The number of nitrogens with two attached hydrogens (primary N) is 3. The van der Waals surface area contributed by atoms with E-state index < -0.39 is 0 Å². The van der Waals surface area contributed by atoms with Gasteiger partial charge in [0.2, 0.25) is 0 Å². The van der Waals surface area contributed by atoms with Crippen molar-refractivity contribution in [3.05, 3.63) is 45.9 Å². The zero-order valence-electron chi connectivity index (χ0n) is 16.4. The molecular weight excluding hydrogens is 438 g/mol. The number of halogens is 1. The zero-order chi connectivity index (χ0) is 21.1. The Balaban J connectivity index is 1.44. The van der Waals surface area contributed by atoms with E-state index in [1.807, 2.05) is 0 Å². The van der Waals surface area contributed by atoms with Crippen LogP contribution in [0.3, 0.4) is 0 Å². The van der Waals surface area contributed by atoms with Crippen LogP contribution in [0.2, 0.25) is 5.02 Å². The first-order valence-corrected chi connectivity index (χ1v) is 11.7. The lowest BCUT2D eigenvalue weighted by atomic mass is 9.75. The van der Waals surface area contributed by atoms with Crippen molar-refractivity contribution in [3.63, 3.8) is 0 Å². The standard InChI is InChI=1S/C20H24ClN7S2/c21-16-14(3-6-25-17(16)23)30-19-18(24)27-15(11-26-19)28-7-4-20(12-22,5-8-28)10-13-2-1-9-29-13/h1-3,6,9,11H,4-5,7-8,10,12,22H2,(H2,23,25)(H2,24,27). The number of hydrogen-bond acceptors (Lipinski definition) is 9. The van der Waals surface area contributed by atoms with Gasteiger partial charge in [0.15, 0.2) is 5.82 Å². The van der Waals surface area contributed by atoms with E-state index in [1.165, 1.54) is 16.6 Å². The van der Waals surface area contributed by atoms with Crippen molar-refractivity contribution in [3.8, 4) is 0 Å². The van der Waals surface area contributed by atoms with Crippen molar-refractivity contribution in [2.45, 2.75) is 29.2 Å². The number of pyridine rings is 1. The molecule has 158 valence electrons. The molecule has 0 spiro atoms. The highest BCUT2D eigenvalue weighted by molar-refractivity contribution is 7.99. The quantitative estimate of drug-likeness (QED) is 0.508. The molecule has 1 aliphatic rings. The van der Waals surface area contributed by atoms with Gasteiger partial charge in [-0.05, 0) is 48.7 Å². The van der Waals surface area contributed by atoms with Gasteiger partial charge in [0.05, 0.1) is 11.2 Å². The van der Waals surface area contributed by atoms with Crippen LogP contribution in [0, 0.1) is 5.41 Å². The van der Waals surface area contributed by atoms with Crippen molar-refractivity contribution < 1.29 is 0 Å². The van der Waals surface area contributed by atoms with Crippen molar-refractivity contribution in [1.82, 2.24) is 15.0 Å². The molecule has 0 saturated carbocycles. The number of nitrogen functional groups attached to an aromatic ring is 2. The molecule has 1 saturated heterocycles. The van der Waals surface area contributed by atoms with Crippen molar-refractivity contribution in [1.29, 1.82) is 0 Å². The van der Waals surface area contributed by atoms with Gasteiger partial charge in [-0.1, -0.05) is 29.4 Å². The van der Waals surface area contributed by atoms with Gasteiger partial charge in [-0.25, -0.2) is 15.0 Å². The van der Waals surface area contributed by atoms with Crippen molar-refractivity contribution in [2.24, 2.45) is 11.1 Å². The lowest BCUT2D eigenvalue weighted by Crippen LogP contribution is -2.45. The summed E-state index contributed by atoms with van der Waals surface area (Å²) in [6.07, 6.45) is 6.45. The number of nitrogens with zero attached hydrogens (tertiary/aromatic N) is 4. The largest absolute Gasteiger partial charge is 0.382 e. The Hall–Kier alpha value is -2.07. The summed E-state index contributed by atoms with van der Waals surface area (Å²) in [6, 6.07) is 6.08. The van der Waals surface area contributed by atoms with Crippen LogP contribution in [-0.2, 0) is 6.42 Å². The van der Waals surface area contributed by atoms with E-state index in [1.54, 1.807) is 29.8 Å². The SMILES string of the molecule is NCC1(Cc2cccs2)CCN(c2cnc(Sc3ccnc(N)c3Cl)c(N)n2)CC1. The molecule has 0 atom stereocenters. The first-order valence-electron chi connectivity index (χ1n) is 9.67. The van der Waals surface area contributed by atoms with Crippen LogP contribution >= 0.6 is 34.7 Å². The molecule has 0 aliphatic carbocycles. The van der Waals surface area contributed by atoms with Gasteiger partial charge in [-0.3, -0.25) is 0 Å². The fourth-order valence-corrected chi connectivity index (χ4v) is 5.58. The normalized spacial score (nSPS) is 16.0. The first kappa shape index (κ1) is 21.2. The van der Waals surface area contributed by atoms with Crippen LogP contribution in [0.1, 0.15) is 17.7 Å². The van der Waals surface area contributed by atoms with Crippen molar-refractivity contribution in [2.75, 3.05) is 36.0 Å². The third-order valence-corrected chi connectivity index (χ3v) is 8.00. The molecule has 4 heterocycles. The Kier molecular flexibility index (Phi) is 6.33. The minimum atomic E-state index is 0.147. The van der Waals surface area contributed by atoms with Crippen LogP contribution in [-0.4, -0.2) is 34.6 Å². The second-order valence-corrected chi connectivity index (χ2v) is 9.92. The van der Waals surface area contributed by atoms with Gasteiger partial charge in [0, 0.05) is 29.1 Å². The van der Waals surface area contributed by atoms with Gasteiger partial charge >= 0.3 is 0 Å². The molecule has 1 fully saturated rings. The molecular formula is C20H24ClN7S2. The summed E-state index contributed by atoms with van der Waals surface area (Å²) < 4.78 is 0. The number of rotatable bonds is 6. The maximum absolute atomic E-state index is 6.22. The van der Waals surface area contributed by atoms with Gasteiger partial charge < -0.3 is 22.1 Å². The fraction of sp³-hybridized carbons (Fsp3) is 0.350. The summed E-state index contributed by atoms with van der Waals surface area (Å²) in [7, 11) is 0. The molecule has 30 heavy (non-hydrogen) atoms. The second kappa shape index (κ2) is 8.97. The highest BCUT2D eigenvalue weighted by atomic mass is 35.5. The Morgan fingerprint density at radius 1 is 1.17 bits per heavy atom. The summed E-state index contributed by atoms with van der Waals surface area (Å²) in [5.74, 6) is 1.45. The fourth-order valence-electron chi connectivity index (χ4n) is 3.68. The predicted octanol–water partition coefficient (Wildman–Crippen LogP) is 3.69. The molecule has 0 aromatic carbocycles. The lowest BCUT2D eigenvalue weighted by Gasteiger charge is -2.41. The van der Waals surface area contributed by atoms with E-state index in [0.717, 1.165) is 43.1 Å². The minimum absolute atomic E-state index is 0.147. The number of piperidine rings is 1. The average Bonchev–Trinajstić information content (AvgIpc) is 3.26. The Labute approximate surface area is 189 Å². The summed E-state index contributed by atoms with van der Waals surface area (Å²) in [5.41, 5.74) is 18.3. The predicted molar refractivity (Wildman–Crippen MR) is 125 cm³/mol. The van der Waals surface area contributed by atoms with Gasteiger partial charge in [0.25, 0.3) is 0 Å². The number of anilines is 3. The molecule has 7 nitrogen and oxygen atoms in total. The molecule has 0 unspecified atom stereocenters. The number of aromatic nitrogens is 3. The summed E-state index contributed by atoms with van der Waals surface area (Å²) in [5, 5.41) is 3.12. The van der Waals surface area contributed by atoms with E-state index in [0.29, 0.717) is 22.4 Å². The third kappa shape index (κ3) is 4.49. The number of thiophene rings is 1. The zero-order valence-corrected chi connectivity index (χ0v) is 18.8. The molecule has 0 amide bonds.